The van der Waals surface area contributed by atoms with Gasteiger partial charge in [-0.05, 0) is 55.8 Å². The Kier molecular flexibility index (Phi) is 6.15. The Bertz CT molecular complexity index is 358. The van der Waals surface area contributed by atoms with Crippen molar-refractivity contribution >= 4 is 0 Å². The van der Waals surface area contributed by atoms with Crippen LogP contribution in [0.25, 0.3) is 0 Å². The van der Waals surface area contributed by atoms with Crippen LogP contribution in [0.15, 0.2) is 22.8 Å². The van der Waals surface area contributed by atoms with Crippen LogP contribution in [0.5, 0.6) is 0 Å². The van der Waals surface area contributed by atoms with Crippen molar-refractivity contribution in [3.8, 4) is 0 Å². The van der Waals surface area contributed by atoms with Crippen molar-refractivity contribution in [1.29, 1.82) is 0 Å². The average molecular weight is 277 g/mol. The van der Waals surface area contributed by atoms with Crippen LogP contribution in [-0.4, -0.2) is 13.1 Å². The van der Waals surface area contributed by atoms with Gasteiger partial charge in [-0.2, -0.15) is 0 Å². The molecule has 1 fully saturated rings. The van der Waals surface area contributed by atoms with E-state index >= 15 is 0 Å². The van der Waals surface area contributed by atoms with Gasteiger partial charge in [0, 0.05) is 5.92 Å². The lowest BCUT2D eigenvalue weighted by Gasteiger charge is -2.35. The molecule has 1 aromatic rings. The van der Waals surface area contributed by atoms with E-state index in [1.54, 1.807) is 0 Å². The first-order valence-corrected chi connectivity index (χ1v) is 8.44. The van der Waals surface area contributed by atoms with Crippen LogP contribution >= 0.6 is 0 Å². The number of nitrogens with one attached hydrogen (secondary N) is 1. The smallest absolute Gasteiger partial charge is 0.107 e. The maximum atomic E-state index is 5.73. The molecule has 0 bridgehead atoms. The van der Waals surface area contributed by atoms with Crippen LogP contribution in [-0.2, 0) is 0 Å². The topological polar surface area (TPSA) is 25.2 Å². The summed E-state index contributed by atoms with van der Waals surface area (Å²) in [6.07, 6.45) is 8.59. The largest absolute Gasteiger partial charge is 0.469 e. The molecule has 0 radical (unpaired) electrons. The molecule has 0 aliphatic heterocycles. The molecule has 2 nitrogen and oxygen atoms in total. The summed E-state index contributed by atoms with van der Waals surface area (Å²) >= 11 is 0. The lowest BCUT2D eigenvalue weighted by Crippen LogP contribution is -2.33. The minimum Gasteiger partial charge on any atom is -0.469 e. The van der Waals surface area contributed by atoms with E-state index in [1.165, 1.54) is 37.9 Å². The van der Waals surface area contributed by atoms with E-state index < -0.39 is 0 Å². The Morgan fingerprint density at radius 1 is 1.35 bits per heavy atom. The molecular weight excluding hydrogens is 246 g/mol. The molecule has 0 aromatic carbocycles. The number of hydrogen-bond acceptors (Lipinski definition) is 2. The van der Waals surface area contributed by atoms with Gasteiger partial charge >= 0.3 is 0 Å². The molecule has 3 atom stereocenters. The number of hydrogen-bond donors (Lipinski definition) is 1. The molecular formula is C18H31NO. The first-order valence-electron chi connectivity index (χ1n) is 8.44. The summed E-state index contributed by atoms with van der Waals surface area (Å²) in [6, 6.07) is 4.21. The molecule has 2 heteroatoms. The molecule has 1 heterocycles. The van der Waals surface area contributed by atoms with Crippen LogP contribution in [0, 0.1) is 17.8 Å². The fraction of sp³-hybridized carbons (Fsp3) is 0.778. The number of rotatable bonds is 7. The lowest BCUT2D eigenvalue weighted by atomic mass is 9.71. The molecule has 114 valence electrons. The third-order valence-corrected chi connectivity index (χ3v) is 4.67. The van der Waals surface area contributed by atoms with Crippen molar-refractivity contribution in [3.05, 3.63) is 24.2 Å². The zero-order chi connectivity index (χ0) is 14.4. The van der Waals surface area contributed by atoms with Crippen molar-refractivity contribution in [2.75, 3.05) is 13.1 Å². The summed E-state index contributed by atoms with van der Waals surface area (Å²) in [7, 11) is 0. The van der Waals surface area contributed by atoms with Gasteiger partial charge in [0.1, 0.15) is 5.76 Å². The second kappa shape index (κ2) is 7.87. The van der Waals surface area contributed by atoms with Gasteiger partial charge in [0.2, 0.25) is 0 Å². The van der Waals surface area contributed by atoms with Gasteiger partial charge in [-0.25, -0.2) is 0 Å². The van der Waals surface area contributed by atoms with Crippen LogP contribution in [0.2, 0.25) is 0 Å². The Labute approximate surface area is 124 Å². The second-order valence-electron chi connectivity index (χ2n) is 6.90. The monoisotopic (exact) mass is 277 g/mol. The summed E-state index contributed by atoms with van der Waals surface area (Å²) in [5.41, 5.74) is 0. The van der Waals surface area contributed by atoms with Gasteiger partial charge in [-0.3, -0.25) is 0 Å². The maximum absolute atomic E-state index is 5.73. The fourth-order valence-electron chi connectivity index (χ4n) is 3.64. The highest BCUT2D eigenvalue weighted by Gasteiger charge is 2.32. The Morgan fingerprint density at radius 3 is 2.85 bits per heavy atom. The van der Waals surface area contributed by atoms with E-state index in [-0.39, 0.29) is 0 Å². The minimum absolute atomic E-state index is 0.620. The third-order valence-electron chi connectivity index (χ3n) is 4.67. The highest BCUT2D eigenvalue weighted by atomic mass is 16.3. The second-order valence-corrected chi connectivity index (χ2v) is 6.90. The van der Waals surface area contributed by atoms with Crippen LogP contribution in [0.3, 0.4) is 0 Å². The summed E-state index contributed by atoms with van der Waals surface area (Å²) in [5.74, 6) is 4.20. The van der Waals surface area contributed by atoms with E-state index in [2.05, 4.69) is 32.2 Å². The van der Waals surface area contributed by atoms with E-state index in [0.29, 0.717) is 5.92 Å². The van der Waals surface area contributed by atoms with Gasteiger partial charge in [-0.15, -0.1) is 0 Å². The van der Waals surface area contributed by atoms with Crippen molar-refractivity contribution in [3.63, 3.8) is 0 Å². The summed E-state index contributed by atoms with van der Waals surface area (Å²) < 4.78 is 5.73. The van der Waals surface area contributed by atoms with E-state index in [9.17, 15) is 0 Å². The molecule has 1 saturated carbocycles. The van der Waals surface area contributed by atoms with Crippen molar-refractivity contribution in [1.82, 2.24) is 5.32 Å². The molecule has 0 saturated heterocycles. The maximum Gasteiger partial charge on any atom is 0.107 e. The molecule has 0 spiro atoms. The molecule has 1 aliphatic rings. The molecule has 0 amide bonds. The van der Waals surface area contributed by atoms with E-state index in [0.717, 1.165) is 30.8 Å². The Hall–Kier alpha value is -0.760. The summed E-state index contributed by atoms with van der Waals surface area (Å²) in [4.78, 5) is 0. The van der Waals surface area contributed by atoms with Crippen molar-refractivity contribution < 1.29 is 4.42 Å². The lowest BCUT2D eigenvalue weighted by molar-refractivity contribution is 0.200. The first-order chi connectivity index (χ1) is 9.70. The van der Waals surface area contributed by atoms with E-state index in [4.69, 9.17) is 4.42 Å². The molecule has 1 aromatic heterocycles. The highest BCUT2D eigenvalue weighted by Crippen LogP contribution is 2.42. The zero-order valence-electron chi connectivity index (χ0n) is 13.4. The SMILES string of the molecule is CCCC1CCC(CNCC(C)C)C(c2ccco2)C1. The fourth-order valence-corrected chi connectivity index (χ4v) is 3.64. The van der Waals surface area contributed by atoms with Gasteiger partial charge < -0.3 is 9.73 Å². The van der Waals surface area contributed by atoms with Crippen LogP contribution < -0.4 is 5.32 Å². The van der Waals surface area contributed by atoms with Crippen molar-refractivity contribution in [2.45, 2.75) is 58.8 Å². The van der Waals surface area contributed by atoms with Gasteiger partial charge in [0.15, 0.2) is 0 Å². The first kappa shape index (κ1) is 15.6. The van der Waals surface area contributed by atoms with Crippen LogP contribution in [0.4, 0.5) is 0 Å². The summed E-state index contributed by atoms with van der Waals surface area (Å²) in [5, 5.41) is 3.65. The molecule has 3 unspecified atom stereocenters. The molecule has 20 heavy (non-hydrogen) atoms. The molecule has 1 N–H and O–H groups in total. The quantitative estimate of drug-likeness (QED) is 0.772. The van der Waals surface area contributed by atoms with Gasteiger partial charge in [0.25, 0.3) is 0 Å². The summed E-state index contributed by atoms with van der Waals surface area (Å²) in [6.45, 7) is 9.12. The third kappa shape index (κ3) is 4.37. The Morgan fingerprint density at radius 2 is 2.20 bits per heavy atom. The minimum atomic E-state index is 0.620. The predicted molar refractivity (Wildman–Crippen MR) is 84.9 cm³/mol. The molecule has 1 aliphatic carbocycles. The van der Waals surface area contributed by atoms with Crippen molar-refractivity contribution in [2.24, 2.45) is 17.8 Å². The Balaban J connectivity index is 1.94. The van der Waals surface area contributed by atoms with Gasteiger partial charge in [0.05, 0.1) is 6.26 Å². The van der Waals surface area contributed by atoms with E-state index in [1.807, 2.05) is 12.3 Å². The molecule has 2 rings (SSSR count). The average Bonchev–Trinajstić information content (AvgIpc) is 2.94. The highest BCUT2D eigenvalue weighted by molar-refractivity contribution is 5.09. The predicted octanol–water partition coefficient (Wildman–Crippen LogP) is 4.83. The normalized spacial score (nSPS) is 27.1. The number of furan rings is 1. The standard InChI is InChI=1S/C18H31NO/c1-4-6-15-8-9-16(13-19-12-14(2)3)17(11-15)18-7-5-10-20-18/h5,7,10,14-17,19H,4,6,8-9,11-13H2,1-3H3. The zero-order valence-corrected chi connectivity index (χ0v) is 13.4. The van der Waals surface area contributed by atoms with Crippen LogP contribution in [0.1, 0.15) is 64.6 Å². The van der Waals surface area contributed by atoms with Gasteiger partial charge in [-0.1, -0.05) is 40.0 Å².